The lowest BCUT2D eigenvalue weighted by Gasteiger charge is -2.19. The van der Waals surface area contributed by atoms with E-state index < -0.39 is 12.0 Å². The van der Waals surface area contributed by atoms with Crippen molar-refractivity contribution in [2.24, 2.45) is 0 Å². The number of hydrogen-bond donors (Lipinski definition) is 2. The van der Waals surface area contributed by atoms with Crippen LogP contribution in [-0.2, 0) is 4.79 Å². The molecule has 2 rings (SSSR count). The summed E-state index contributed by atoms with van der Waals surface area (Å²) in [4.78, 5) is 23.5. The van der Waals surface area contributed by atoms with Gasteiger partial charge in [0.05, 0.1) is 20.3 Å². The van der Waals surface area contributed by atoms with Crippen molar-refractivity contribution in [1.82, 2.24) is 5.32 Å². The minimum absolute atomic E-state index is 0.0359. The average Bonchev–Trinajstić information content (AvgIpc) is 2.64. The van der Waals surface area contributed by atoms with Crippen molar-refractivity contribution in [3.63, 3.8) is 0 Å². The molecule has 0 saturated carbocycles. The number of ether oxygens (including phenoxy) is 2. The van der Waals surface area contributed by atoms with Crippen LogP contribution in [0.15, 0.2) is 48.5 Å². The van der Waals surface area contributed by atoms with E-state index in [-0.39, 0.29) is 12.3 Å². The minimum Gasteiger partial charge on any atom is -0.493 e. The van der Waals surface area contributed by atoms with Gasteiger partial charge in [0.15, 0.2) is 11.5 Å². The number of rotatable bonds is 8. The lowest BCUT2D eigenvalue weighted by molar-refractivity contribution is -0.137. The number of carboxylic acid groups (broad SMARTS) is 1. The molecule has 0 aliphatic rings. The van der Waals surface area contributed by atoms with E-state index in [2.05, 4.69) is 5.32 Å². The minimum atomic E-state index is -0.902. The summed E-state index contributed by atoms with van der Waals surface area (Å²) in [6.45, 7) is 0. The molecule has 1 unspecified atom stereocenters. The molecular formula is C19H21NO5. The summed E-state index contributed by atoms with van der Waals surface area (Å²) in [5, 5.41) is 11.8. The normalized spacial score (nSPS) is 11.4. The first kappa shape index (κ1) is 18.3. The molecule has 2 aromatic rings. The van der Waals surface area contributed by atoms with Crippen molar-refractivity contribution in [1.29, 1.82) is 0 Å². The molecule has 0 aliphatic carbocycles. The number of hydrogen-bond acceptors (Lipinski definition) is 4. The highest BCUT2D eigenvalue weighted by Gasteiger charge is 2.18. The number of nitrogens with one attached hydrogen (secondary N) is 1. The first-order valence-corrected chi connectivity index (χ1v) is 7.84. The summed E-state index contributed by atoms with van der Waals surface area (Å²) >= 11 is 0. The van der Waals surface area contributed by atoms with E-state index in [4.69, 9.17) is 14.6 Å². The first-order chi connectivity index (χ1) is 12.0. The molecule has 25 heavy (non-hydrogen) atoms. The van der Waals surface area contributed by atoms with Crippen LogP contribution in [0.3, 0.4) is 0 Å². The predicted molar refractivity (Wildman–Crippen MR) is 93.1 cm³/mol. The molecule has 0 saturated heterocycles. The second-order valence-electron chi connectivity index (χ2n) is 5.44. The summed E-state index contributed by atoms with van der Waals surface area (Å²) in [6, 6.07) is 13.8. The maximum absolute atomic E-state index is 12.6. The third kappa shape index (κ3) is 4.97. The van der Waals surface area contributed by atoms with Crippen molar-refractivity contribution in [3.05, 3.63) is 59.7 Å². The largest absolute Gasteiger partial charge is 0.493 e. The fraction of sp³-hybridized carbons (Fsp3) is 0.263. The van der Waals surface area contributed by atoms with Crippen LogP contribution in [0.1, 0.15) is 34.8 Å². The SMILES string of the molecule is COc1ccc(C(=O)NC(CCC(=O)O)c2ccccc2)cc1OC. The number of benzene rings is 2. The molecule has 0 spiro atoms. The zero-order valence-electron chi connectivity index (χ0n) is 14.2. The van der Waals surface area contributed by atoms with Crippen molar-refractivity contribution >= 4 is 11.9 Å². The van der Waals surface area contributed by atoms with Crippen LogP contribution in [0.25, 0.3) is 0 Å². The molecule has 0 radical (unpaired) electrons. The highest BCUT2D eigenvalue weighted by atomic mass is 16.5. The molecule has 2 aromatic carbocycles. The van der Waals surface area contributed by atoms with Gasteiger partial charge >= 0.3 is 5.97 Å². The fourth-order valence-corrected chi connectivity index (χ4v) is 2.49. The summed E-state index contributed by atoms with van der Waals surface area (Å²) < 4.78 is 10.4. The maximum atomic E-state index is 12.6. The number of carbonyl (C=O) groups excluding carboxylic acids is 1. The predicted octanol–water partition coefficient (Wildman–Crippen LogP) is 3.04. The van der Waals surface area contributed by atoms with Crippen LogP contribution in [0.5, 0.6) is 11.5 Å². The van der Waals surface area contributed by atoms with E-state index in [0.717, 1.165) is 5.56 Å². The molecular weight excluding hydrogens is 322 g/mol. The Balaban J connectivity index is 2.20. The quantitative estimate of drug-likeness (QED) is 0.769. The van der Waals surface area contributed by atoms with Gasteiger partial charge in [-0.25, -0.2) is 0 Å². The highest BCUT2D eigenvalue weighted by molar-refractivity contribution is 5.95. The van der Waals surface area contributed by atoms with Crippen LogP contribution in [-0.4, -0.2) is 31.2 Å². The Kier molecular flexibility index (Phi) is 6.39. The van der Waals surface area contributed by atoms with Gasteiger partial charge in [-0.3, -0.25) is 9.59 Å². The molecule has 6 heteroatoms. The number of carbonyl (C=O) groups is 2. The topological polar surface area (TPSA) is 84.9 Å². The number of aliphatic carboxylic acids is 1. The highest BCUT2D eigenvalue weighted by Crippen LogP contribution is 2.28. The van der Waals surface area contributed by atoms with Crippen LogP contribution >= 0.6 is 0 Å². The maximum Gasteiger partial charge on any atom is 0.303 e. The van der Waals surface area contributed by atoms with Crippen LogP contribution in [0.2, 0.25) is 0 Å². The van der Waals surface area contributed by atoms with Gasteiger partial charge in [0.2, 0.25) is 0 Å². The molecule has 132 valence electrons. The van der Waals surface area contributed by atoms with Crippen molar-refractivity contribution in [2.45, 2.75) is 18.9 Å². The molecule has 1 amide bonds. The smallest absolute Gasteiger partial charge is 0.303 e. The van der Waals surface area contributed by atoms with E-state index in [9.17, 15) is 9.59 Å². The number of methoxy groups -OCH3 is 2. The van der Waals surface area contributed by atoms with Gasteiger partial charge in [-0.15, -0.1) is 0 Å². The molecule has 0 bridgehead atoms. The third-order valence-electron chi connectivity index (χ3n) is 3.80. The van der Waals surface area contributed by atoms with Gasteiger partial charge in [-0.1, -0.05) is 30.3 Å². The Morgan fingerprint density at radius 1 is 1.04 bits per heavy atom. The monoisotopic (exact) mass is 343 g/mol. The summed E-state index contributed by atoms with van der Waals surface area (Å²) in [5.41, 5.74) is 1.27. The zero-order valence-corrected chi connectivity index (χ0v) is 14.2. The van der Waals surface area contributed by atoms with Gasteiger partial charge in [-0.2, -0.15) is 0 Å². The van der Waals surface area contributed by atoms with Crippen LogP contribution < -0.4 is 14.8 Å². The van der Waals surface area contributed by atoms with Crippen molar-refractivity contribution in [2.75, 3.05) is 14.2 Å². The van der Waals surface area contributed by atoms with Crippen LogP contribution in [0.4, 0.5) is 0 Å². The van der Waals surface area contributed by atoms with Gasteiger partial charge in [0.1, 0.15) is 0 Å². The summed E-state index contributed by atoms with van der Waals surface area (Å²) in [6.07, 6.45) is 0.268. The standard InChI is InChI=1S/C19H21NO5/c1-24-16-10-8-14(12-17(16)25-2)19(23)20-15(9-11-18(21)22)13-6-4-3-5-7-13/h3-8,10,12,15H,9,11H2,1-2H3,(H,20,23)(H,21,22). The Morgan fingerprint density at radius 3 is 2.32 bits per heavy atom. The molecule has 6 nitrogen and oxygen atoms in total. The van der Waals surface area contributed by atoms with Crippen molar-refractivity contribution in [3.8, 4) is 11.5 Å². The zero-order chi connectivity index (χ0) is 18.2. The van der Waals surface area contributed by atoms with E-state index >= 15 is 0 Å². The van der Waals surface area contributed by atoms with E-state index in [0.29, 0.717) is 23.5 Å². The Morgan fingerprint density at radius 2 is 1.72 bits per heavy atom. The van der Waals surface area contributed by atoms with Gasteiger partial charge in [0, 0.05) is 12.0 Å². The number of amides is 1. The van der Waals surface area contributed by atoms with Gasteiger partial charge in [0.25, 0.3) is 5.91 Å². The summed E-state index contributed by atoms with van der Waals surface area (Å²) in [7, 11) is 3.02. The van der Waals surface area contributed by atoms with E-state index in [1.54, 1.807) is 18.2 Å². The Bertz CT molecular complexity index is 730. The second-order valence-corrected chi connectivity index (χ2v) is 5.44. The number of carboxylic acids is 1. The first-order valence-electron chi connectivity index (χ1n) is 7.84. The fourth-order valence-electron chi connectivity index (χ4n) is 2.49. The molecule has 0 aromatic heterocycles. The lowest BCUT2D eigenvalue weighted by Crippen LogP contribution is -2.29. The van der Waals surface area contributed by atoms with Gasteiger partial charge in [-0.05, 0) is 30.2 Å². The second kappa shape index (κ2) is 8.73. The molecule has 0 aliphatic heterocycles. The van der Waals surface area contributed by atoms with Crippen LogP contribution in [0, 0.1) is 0 Å². The van der Waals surface area contributed by atoms with Gasteiger partial charge < -0.3 is 19.9 Å². The summed E-state index contributed by atoms with van der Waals surface area (Å²) in [5.74, 6) is -0.219. The molecule has 0 heterocycles. The molecule has 2 N–H and O–H groups in total. The Labute approximate surface area is 146 Å². The third-order valence-corrected chi connectivity index (χ3v) is 3.80. The molecule has 0 fully saturated rings. The lowest BCUT2D eigenvalue weighted by atomic mass is 10.0. The van der Waals surface area contributed by atoms with E-state index in [1.165, 1.54) is 14.2 Å². The average molecular weight is 343 g/mol. The molecule has 1 atom stereocenters. The van der Waals surface area contributed by atoms with E-state index in [1.807, 2.05) is 30.3 Å². The Hall–Kier alpha value is -3.02. The van der Waals surface area contributed by atoms with Crippen molar-refractivity contribution < 1.29 is 24.2 Å².